The Morgan fingerprint density at radius 1 is 1.39 bits per heavy atom. The summed E-state index contributed by atoms with van der Waals surface area (Å²) in [6.07, 6.45) is 0.573. The number of carbonyl (C=O) groups is 2. The van der Waals surface area contributed by atoms with Crippen LogP contribution in [0.15, 0.2) is 22.7 Å². The van der Waals surface area contributed by atoms with Gasteiger partial charge in [-0.25, -0.2) is 9.18 Å². The second-order valence-corrected chi connectivity index (χ2v) is 5.17. The van der Waals surface area contributed by atoms with E-state index in [2.05, 4.69) is 10.5 Å². The average Bonchev–Trinajstić information content (AvgIpc) is 2.83. The predicted molar refractivity (Wildman–Crippen MR) is 79.8 cm³/mol. The molecule has 7 heteroatoms. The summed E-state index contributed by atoms with van der Waals surface area (Å²) in [6.45, 7) is 5.38. The van der Waals surface area contributed by atoms with Gasteiger partial charge in [0.25, 0.3) is 5.91 Å². The second-order valence-electron chi connectivity index (χ2n) is 5.17. The van der Waals surface area contributed by atoms with Gasteiger partial charge in [-0.15, -0.1) is 0 Å². The summed E-state index contributed by atoms with van der Waals surface area (Å²) in [7, 11) is 0. The van der Waals surface area contributed by atoms with Gasteiger partial charge >= 0.3 is 5.97 Å². The number of amides is 1. The fourth-order valence-electron chi connectivity index (χ4n) is 2.43. The van der Waals surface area contributed by atoms with Gasteiger partial charge in [-0.05, 0) is 38.5 Å². The van der Waals surface area contributed by atoms with Crippen molar-refractivity contribution in [2.45, 2.75) is 33.2 Å². The normalized spacial score (nSPS) is 12.0. The fourth-order valence-corrected chi connectivity index (χ4v) is 2.43. The zero-order valence-corrected chi connectivity index (χ0v) is 13.0. The topological polar surface area (TPSA) is 92.4 Å². The molecule has 1 aromatic carbocycles. The highest BCUT2D eigenvalue weighted by Crippen LogP contribution is 2.24. The summed E-state index contributed by atoms with van der Waals surface area (Å²) >= 11 is 0. The number of carboxylic acid groups (broad SMARTS) is 1. The summed E-state index contributed by atoms with van der Waals surface area (Å²) in [5.74, 6) is -2.16. The number of benzene rings is 1. The molecule has 0 saturated heterocycles. The summed E-state index contributed by atoms with van der Waals surface area (Å²) in [5.41, 5.74) is 1.01. The van der Waals surface area contributed by atoms with E-state index in [1.807, 2.05) is 6.92 Å². The van der Waals surface area contributed by atoms with Crippen molar-refractivity contribution >= 4 is 11.9 Å². The van der Waals surface area contributed by atoms with Crippen molar-refractivity contribution in [3.05, 3.63) is 52.2 Å². The van der Waals surface area contributed by atoms with Gasteiger partial charge in [0.1, 0.15) is 11.6 Å². The molecule has 0 bridgehead atoms. The first-order chi connectivity index (χ1) is 10.8. The number of hydrogen-bond acceptors (Lipinski definition) is 4. The molecule has 2 N–H and O–H groups in total. The van der Waals surface area contributed by atoms with Gasteiger partial charge in [-0.1, -0.05) is 12.1 Å². The molecule has 0 spiro atoms. The molecule has 23 heavy (non-hydrogen) atoms. The lowest BCUT2D eigenvalue weighted by molar-refractivity contribution is 0.0695. The Labute approximate surface area is 132 Å². The van der Waals surface area contributed by atoms with Gasteiger partial charge in [0, 0.05) is 5.56 Å². The number of rotatable bonds is 5. The van der Waals surface area contributed by atoms with Crippen LogP contribution in [0, 0.1) is 19.7 Å². The molecule has 122 valence electrons. The van der Waals surface area contributed by atoms with E-state index in [1.54, 1.807) is 13.8 Å². The third-order valence-corrected chi connectivity index (χ3v) is 3.61. The SMILES string of the molecule is CCC(NC(=O)c1ccc(C(=O)O)cc1F)c1c(C)noc1C. The van der Waals surface area contributed by atoms with Crippen LogP contribution in [0.3, 0.4) is 0 Å². The van der Waals surface area contributed by atoms with Gasteiger partial charge in [0.2, 0.25) is 0 Å². The van der Waals surface area contributed by atoms with Crippen LogP contribution in [0.5, 0.6) is 0 Å². The lowest BCUT2D eigenvalue weighted by atomic mass is 10.0. The highest BCUT2D eigenvalue weighted by Gasteiger charge is 2.23. The smallest absolute Gasteiger partial charge is 0.335 e. The van der Waals surface area contributed by atoms with Crippen molar-refractivity contribution < 1.29 is 23.6 Å². The lowest BCUT2D eigenvalue weighted by Gasteiger charge is -2.17. The van der Waals surface area contributed by atoms with Crippen LogP contribution in [-0.2, 0) is 0 Å². The number of aromatic nitrogens is 1. The quantitative estimate of drug-likeness (QED) is 0.883. The lowest BCUT2D eigenvalue weighted by Crippen LogP contribution is -2.29. The number of carboxylic acids is 1. The Hall–Kier alpha value is -2.70. The molecule has 6 nitrogen and oxygen atoms in total. The number of nitrogens with one attached hydrogen (secondary N) is 1. The monoisotopic (exact) mass is 320 g/mol. The van der Waals surface area contributed by atoms with Crippen molar-refractivity contribution in [3.8, 4) is 0 Å². The molecular formula is C16H17FN2O4. The molecule has 0 aliphatic heterocycles. The Kier molecular flexibility index (Phi) is 4.78. The van der Waals surface area contributed by atoms with Crippen LogP contribution in [0.25, 0.3) is 0 Å². The number of carbonyl (C=O) groups excluding carboxylic acids is 1. The van der Waals surface area contributed by atoms with Crippen molar-refractivity contribution in [2.24, 2.45) is 0 Å². The zero-order valence-electron chi connectivity index (χ0n) is 13.0. The van der Waals surface area contributed by atoms with Crippen LogP contribution in [0.2, 0.25) is 0 Å². The molecule has 0 fully saturated rings. The number of halogens is 1. The Morgan fingerprint density at radius 2 is 2.09 bits per heavy atom. The minimum atomic E-state index is -1.25. The van der Waals surface area contributed by atoms with Crippen LogP contribution in [0.1, 0.15) is 57.1 Å². The van der Waals surface area contributed by atoms with E-state index in [1.165, 1.54) is 6.07 Å². The molecule has 1 unspecified atom stereocenters. The molecule has 2 aromatic rings. The third kappa shape index (κ3) is 3.39. The highest BCUT2D eigenvalue weighted by atomic mass is 19.1. The standard InChI is InChI=1S/C16H17FN2O4/c1-4-13(14-8(2)19-23-9(14)3)18-15(20)11-6-5-10(16(21)22)7-12(11)17/h5-7,13H,4H2,1-3H3,(H,18,20)(H,21,22). The van der Waals surface area contributed by atoms with Crippen molar-refractivity contribution in [2.75, 3.05) is 0 Å². The number of nitrogens with zero attached hydrogens (tertiary/aromatic N) is 1. The minimum Gasteiger partial charge on any atom is -0.478 e. The average molecular weight is 320 g/mol. The van der Waals surface area contributed by atoms with Crippen molar-refractivity contribution in [1.82, 2.24) is 10.5 Å². The molecule has 0 saturated carbocycles. The molecule has 0 radical (unpaired) electrons. The molecule has 0 aliphatic rings. The van der Waals surface area contributed by atoms with Crippen molar-refractivity contribution in [3.63, 3.8) is 0 Å². The maximum atomic E-state index is 14.0. The van der Waals surface area contributed by atoms with E-state index >= 15 is 0 Å². The first-order valence-electron chi connectivity index (χ1n) is 7.11. The Bertz CT molecular complexity index is 735. The first-order valence-corrected chi connectivity index (χ1v) is 7.11. The maximum Gasteiger partial charge on any atom is 0.335 e. The maximum absolute atomic E-state index is 14.0. The van der Waals surface area contributed by atoms with Crippen molar-refractivity contribution in [1.29, 1.82) is 0 Å². The van der Waals surface area contributed by atoms with Crippen LogP contribution < -0.4 is 5.32 Å². The summed E-state index contributed by atoms with van der Waals surface area (Å²) in [5, 5.41) is 15.4. The molecular weight excluding hydrogens is 303 g/mol. The van der Waals surface area contributed by atoms with Gasteiger partial charge in [0.05, 0.1) is 22.9 Å². The van der Waals surface area contributed by atoms with E-state index in [-0.39, 0.29) is 17.2 Å². The number of aryl methyl sites for hydroxylation is 2. The Morgan fingerprint density at radius 3 is 2.57 bits per heavy atom. The second kappa shape index (κ2) is 6.60. The van der Waals surface area contributed by atoms with Gasteiger partial charge in [-0.3, -0.25) is 4.79 Å². The summed E-state index contributed by atoms with van der Waals surface area (Å²) < 4.78 is 19.1. The van der Waals surface area contributed by atoms with E-state index in [0.717, 1.165) is 17.7 Å². The largest absolute Gasteiger partial charge is 0.478 e. The minimum absolute atomic E-state index is 0.208. The molecule has 2 rings (SSSR count). The zero-order chi connectivity index (χ0) is 17.1. The van der Waals surface area contributed by atoms with Crippen LogP contribution >= 0.6 is 0 Å². The van der Waals surface area contributed by atoms with E-state index in [0.29, 0.717) is 17.9 Å². The first kappa shape index (κ1) is 16.7. The Balaban J connectivity index is 2.25. The molecule has 0 aliphatic carbocycles. The van der Waals surface area contributed by atoms with Gasteiger partial charge in [-0.2, -0.15) is 0 Å². The van der Waals surface area contributed by atoms with Crippen LogP contribution in [-0.4, -0.2) is 22.1 Å². The fraction of sp³-hybridized carbons (Fsp3) is 0.312. The van der Waals surface area contributed by atoms with Gasteiger partial charge in [0.15, 0.2) is 0 Å². The van der Waals surface area contributed by atoms with Crippen LogP contribution in [0.4, 0.5) is 4.39 Å². The number of hydrogen-bond donors (Lipinski definition) is 2. The summed E-state index contributed by atoms with van der Waals surface area (Å²) in [4.78, 5) is 23.1. The van der Waals surface area contributed by atoms with E-state index in [4.69, 9.17) is 9.63 Å². The predicted octanol–water partition coefficient (Wildman–Crippen LogP) is 3.01. The summed E-state index contributed by atoms with van der Waals surface area (Å²) in [6, 6.07) is 2.81. The highest BCUT2D eigenvalue weighted by molar-refractivity contribution is 5.96. The molecule has 1 aromatic heterocycles. The third-order valence-electron chi connectivity index (χ3n) is 3.61. The van der Waals surface area contributed by atoms with E-state index in [9.17, 15) is 14.0 Å². The van der Waals surface area contributed by atoms with Gasteiger partial charge < -0.3 is 14.9 Å². The molecule has 1 heterocycles. The van der Waals surface area contributed by atoms with E-state index < -0.39 is 17.7 Å². The molecule has 1 amide bonds. The number of aromatic carboxylic acids is 1. The molecule has 1 atom stereocenters.